The van der Waals surface area contributed by atoms with E-state index >= 15 is 0 Å². The van der Waals surface area contributed by atoms with Crippen LogP contribution in [0.25, 0.3) is 0 Å². The van der Waals surface area contributed by atoms with E-state index in [1.54, 1.807) is 11.2 Å². The summed E-state index contributed by atoms with van der Waals surface area (Å²) in [6.45, 7) is 6.23. The summed E-state index contributed by atoms with van der Waals surface area (Å²) >= 11 is 0. The Morgan fingerprint density at radius 2 is 2.03 bits per heavy atom. The lowest BCUT2D eigenvalue weighted by atomic mass is 9.67. The summed E-state index contributed by atoms with van der Waals surface area (Å²) in [6, 6.07) is 2.67. The van der Waals surface area contributed by atoms with Gasteiger partial charge in [-0.2, -0.15) is 0 Å². The summed E-state index contributed by atoms with van der Waals surface area (Å²) in [5.41, 5.74) is -0.179. The van der Waals surface area contributed by atoms with E-state index in [2.05, 4.69) is 33.9 Å². The number of benzene rings is 1. The average Bonchev–Trinajstić information content (AvgIpc) is 3.29. The number of nitrogens with one attached hydrogen (secondary N) is 1. The van der Waals surface area contributed by atoms with E-state index in [4.69, 9.17) is 0 Å². The third-order valence-corrected chi connectivity index (χ3v) is 6.47. The van der Waals surface area contributed by atoms with Gasteiger partial charge in [-0.25, -0.2) is 13.6 Å². The molecular weight excluding hydrogens is 388 g/mol. The van der Waals surface area contributed by atoms with Gasteiger partial charge in [0.25, 0.3) is 0 Å². The van der Waals surface area contributed by atoms with Crippen LogP contribution in [-0.4, -0.2) is 38.8 Å². The Kier molecular flexibility index (Phi) is 5.75. The highest BCUT2D eigenvalue weighted by Crippen LogP contribution is 2.51. The first-order valence-corrected chi connectivity index (χ1v) is 10.8. The number of nitrogens with zero attached hydrogens (tertiary/aromatic N) is 4. The topological polar surface area (TPSA) is 63.1 Å². The van der Waals surface area contributed by atoms with E-state index in [-0.39, 0.29) is 17.0 Å². The molecule has 1 N–H and O–H groups in total. The molecule has 1 aliphatic heterocycles. The Morgan fingerprint density at radius 3 is 2.77 bits per heavy atom. The van der Waals surface area contributed by atoms with Gasteiger partial charge in [0, 0.05) is 31.6 Å². The van der Waals surface area contributed by atoms with Crippen LogP contribution in [0.1, 0.15) is 57.7 Å². The lowest BCUT2D eigenvalue weighted by Gasteiger charge is -2.37. The monoisotopic (exact) mass is 417 g/mol. The van der Waals surface area contributed by atoms with Gasteiger partial charge in [-0.1, -0.05) is 33.1 Å². The van der Waals surface area contributed by atoms with Crippen LogP contribution in [-0.2, 0) is 6.54 Å². The Bertz CT molecular complexity index is 907. The van der Waals surface area contributed by atoms with Crippen LogP contribution < -0.4 is 5.32 Å². The maximum absolute atomic E-state index is 14.0. The highest BCUT2D eigenvalue weighted by molar-refractivity contribution is 5.89. The van der Waals surface area contributed by atoms with E-state index < -0.39 is 17.7 Å². The maximum Gasteiger partial charge on any atom is 0.321 e. The fraction of sp³-hybridized carbons (Fsp3) is 0.591. The van der Waals surface area contributed by atoms with Crippen LogP contribution in [0.2, 0.25) is 0 Å². The van der Waals surface area contributed by atoms with Crippen molar-refractivity contribution in [2.24, 2.45) is 11.3 Å². The van der Waals surface area contributed by atoms with Gasteiger partial charge in [0.15, 0.2) is 0 Å². The van der Waals surface area contributed by atoms with Crippen molar-refractivity contribution < 1.29 is 13.6 Å². The van der Waals surface area contributed by atoms with Crippen molar-refractivity contribution in [1.29, 1.82) is 0 Å². The average molecular weight is 418 g/mol. The van der Waals surface area contributed by atoms with Crippen LogP contribution in [0.4, 0.5) is 19.3 Å². The Labute approximate surface area is 175 Å². The van der Waals surface area contributed by atoms with E-state index in [1.165, 1.54) is 6.42 Å². The molecule has 1 atom stereocenters. The standard InChI is InChI=1S/C22H29F2N5O/c1-15(2)11-29-14-25-27-20(29)17-12-28(13-22(17)8-4-3-5-9-22)21(30)26-19-10-16(23)6-7-18(19)24/h6-7,10,14-15,17H,3-5,8-9,11-13H2,1-2H3,(H,26,30). The zero-order chi connectivity index (χ0) is 21.3. The van der Waals surface area contributed by atoms with Gasteiger partial charge in [0.2, 0.25) is 0 Å². The molecule has 30 heavy (non-hydrogen) atoms. The first kappa shape index (κ1) is 20.8. The molecule has 1 aromatic carbocycles. The zero-order valence-electron chi connectivity index (χ0n) is 17.6. The number of carbonyl (C=O) groups excluding carboxylic acids is 1. The Morgan fingerprint density at radius 1 is 1.27 bits per heavy atom. The molecule has 2 aliphatic rings. The van der Waals surface area contributed by atoms with Gasteiger partial charge in [0.1, 0.15) is 23.8 Å². The quantitative estimate of drug-likeness (QED) is 0.778. The number of amides is 2. The first-order chi connectivity index (χ1) is 14.4. The molecule has 0 bridgehead atoms. The molecule has 2 amide bonds. The Hall–Kier alpha value is -2.51. The number of hydrogen-bond acceptors (Lipinski definition) is 3. The van der Waals surface area contributed by atoms with Crippen LogP contribution >= 0.6 is 0 Å². The van der Waals surface area contributed by atoms with Gasteiger partial charge in [-0.05, 0) is 36.3 Å². The normalized spacial score (nSPS) is 20.8. The minimum absolute atomic E-state index is 0.0438. The SMILES string of the molecule is CC(C)Cn1cnnc1C1CN(C(=O)Nc2cc(F)ccc2F)CC12CCCCC2. The smallest absolute Gasteiger partial charge is 0.321 e. The molecule has 1 unspecified atom stereocenters. The van der Waals surface area contributed by atoms with Crippen molar-refractivity contribution in [3.05, 3.63) is 42.0 Å². The van der Waals surface area contributed by atoms with Gasteiger partial charge in [0.05, 0.1) is 5.69 Å². The summed E-state index contributed by atoms with van der Waals surface area (Å²) in [4.78, 5) is 14.7. The first-order valence-electron chi connectivity index (χ1n) is 10.8. The zero-order valence-corrected chi connectivity index (χ0v) is 17.6. The highest BCUT2D eigenvalue weighted by Gasteiger charge is 2.50. The van der Waals surface area contributed by atoms with Crippen molar-refractivity contribution >= 4 is 11.7 Å². The molecule has 1 saturated heterocycles. The number of anilines is 1. The minimum Gasteiger partial charge on any atom is -0.323 e. The largest absolute Gasteiger partial charge is 0.323 e. The second-order valence-corrected chi connectivity index (χ2v) is 9.15. The number of carbonyl (C=O) groups is 1. The summed E-state index contributed by atoms with van der Waals surface area (Å²) in [7, 11) is 0. The number of urea groups is 1. The molecule has 1 aromatic heterocycles. The van der Waals surface area contributed by atoms with Gasteiger partial charge in [-0.15, -0.1) is 10.2 Å². The lowest BCUT2D eigenvalue weighted by Crippen LogP contribution is -2.36. The molecule has 8 heteroatoms. The van der Waals surface area contributed by atoms with E-state index in [0.717, 1.165) is 56.3 Å². The van der Waals surface area contributed by atoms with E-state index in [9.17, 15) is 13.6 Å². The number of aromatic nitrogens is 3. The molecule has 1 saturated carbocycles. The predicted molar refractivity (Wildman–Crippen MR) is 110 cm³/mol. The lowest BCUT2D eigenvalue weighted by molar-refractivity contribution is 0.167. The molecule has 162 valence electrons. The summed E-state index contributed by atoms with van der Waals surface area (Å²) in [5, 5.41) is 11.2. The molecule has 6 nitrogen and oxygen atoms in total. The molecule has 2 fully saturated rings. The van der Waals surface area contributed by atoms with Crippen molar-refractivity contribution in [2.75, 3.05) is 18.4 Å². The van der Waals surface area contributed by atoms with Gasteiger partial charge >= 0.3 is 6.03 Å². The second kappa shape index (κ2) is 8.32. The van der Waals surface area contributed by atoms with Crippen molar-refractivity contribution in [3.63, 3.8) is 0 Å². The van der Waals surface area contributed by atoms with Crippen molar-refractivity contribution in [2.45, 2.75) is 58.4 Å². The number of halogens is 2. The number of likely N-dealkylation sites (tertiary alicyclic amines) is 1. The van der Waals surface area contributed by atoms with Gasteiger partial charge < -0.3 is 14.8 Å². The summed E-state index contributed by atoms with van der Waals surface area (Å²) < 4.78 is 29.6. The third kappa shape index (κ3) is 4.04. The third-order valence-electron chi connectivity index (χ3n) is 6.47. The highest BCUT2D eigenvalue weighted by atomic mass is 19.1. The molecule has 1 aliphatic carbocycles. The van der Waals surface area contributed by atoms with Crippen LogP contribution in [0.15, 0.2) is 24.5 Å². The van der Waals surface area contributed by atoms with E-state index in [1.807, 2.05) is 0 Å². The molecule has 1 spiro atoms. The van der Waals surface area contributed by atoms with Gasteiger partial charge in [-0.3, -0.25) is 0 Å². The van der Waals surface area contributed by atoms with Crippen molar-refractivity contribution in [3.8, 4) is 0 Å². The number of rotatable bonds is 4. The maximum atomic E-state index is 14.0. The van der Waals surface area contributed by atoms with Crippen molar-refractivity contribution in [1.82, 2.24) is 19.7 Å². The molecule has 2 heterocycles. The molecule has 4 rings (SSSR count). The van der Waals surface area contributed by atoms with Crippen LogP contribution in [0.5, 0.6) is 0 Å². The van der Waals surface area contributed by atoms with Crippen LogP contribution in [0.3, 0.4) is 0 Å². The minimum atomic E-state index is -0.649. The molecule has 0 radical (unpaired) electrons. The second-order valence-electron chi connectivity index (χ2n) is 9.15. The Balaban J connectivity index is 1.59. The summed E-state index contributed by atoms with van der Waals surface area (Å²) in [5.74, 6) is 0.236. The van der Waals surface area contributed by atoms with Crippen LogP contribution in [0, 0.1) is 23.0 Å². The summed E-state index contributed by atoms with van der Waals surface area (Å²) in [6.07, 6.45) is 7.30. The molecule has 2 aromatic rings. The predicted octanol–water partition coefficient (Wildman–Crippen LogP) is 4.79. The molecular formula is C22H29F2N5O. The fourth-order valence-electron chi connectivity index (χ4n) is 5.10. The number of hydrogen-bond donors (Lipinski definition) is 1. The fourth-order valence-corrected chi connectivity index (χ4v) is 5.10. The van der Waals surface area contributed by atoms with E-state index in [0.29, 0.717) is 19.0 Å².